The van der Waals surface area contributed by atoms with E-state index in [1.165, 1.54) is 25.1 Å². The zero-order valence-electron chi connectivity index (χ0n) is 33.1. The average molecular weight is 789 g/mol. The summed E-state index contributed by atoms with van der Waals surface area (Å²) in [6, 6.07) is 8.67. The van der Waals surface area contributed by atoms with Gasteiger partial charge in [-0.15, -0.1) is 0 Å². The fraction of sp³-hybridized carbons (Fsp3) is 0.512. The van der Waals surface area contributed by atoms with Crippen molar-refractivity contribution in [2.45, 2.75) is 83.1 Å². The second-order valence-corrected chi connectivity index (χ2v) is 14.6. The molecule has 0 spiro atoms. The van der Waals surface area contributed by atoms with E-state index >= 15 is 4.39 Å². The summed E-state index contributed by atoms with van der Waals surface area (Å²) < 4.78 is 23.7. The summed E-state index contributed by atoms with van der Waals surface area (Å²) >= 11 is 0. The zero-order valence-corrected chi connectivity index (χ0v) is 33.1. The quantitative estimate of drug-likeness (QED) is 0.0761. The summed E-state index contributed by atoms with van der Waals surface area (Å²) in [6.45, 7) is 0.664. The molecule has 4 amide bonds. The molecular weight excluding hydrogens is 735 g/mol. The number of halogens is 1. The van der Waals surface area contributed by atoms with E-state index in [-0.39, 0.29) is 50.2 Å². The molecule has 1 aliphatic heterocycles. The van der Waals surface area contributed by atoms with Crippen molar-refractivity contribution in [1.82, 2.24) is 40.0 Å². The van der Waals surface area contributed by atoms with E-state index in [2.05, 4.69) is 20.5 Å². The highest BCUT2D eigenvalue weighted by Crippen LogP contribution is 2.40. The molecule has 2 N–H and O–H groups in total. The molecule has 3 heterocycles. The molecule has 306 valence electrons. The van der Waals surface area contributed by atoms with Crippen molar-refractivity contribution < 1.29 is 37.9 Å². The number of carbonyl (C=O) groups excluding carboxylic acids is 6. The van der Waals surface area contributed by atoms with Gasteiger partial charge < -0.3 is 30.0 Å². The van der Waals surface area contributed by atoms with Crippen molar-refractivity contribution in [3.63, 3.8) is 0 Å². The van der Waals surface area contributed by atoms with Crippen molar-refractivity contribution in [3.05, 3.63) is 48.0 Å². The number of hydrogen-bond acceptors (Lipinski definition) is 9. The summed E-state index contributed by atoms with van der Waals surface area (Å²) in [5, 5.41) is 15.9. The number of amides is 4. The van der Waals surface area contributed by atoms with Gasteiger partial charge in [0, 0.05) is 75.2 Å². The number of likely N-dealkylation sites (N-methyl/N-ethyl adjacent to an activating group) is 1. The zero-order chi connectivity index (χ0) is 40.9. The lowest BCUT2D eigenvalue weighted by Crippen LogP contribution is -2.41. The normalized spacial score (nSPS) is 13.2. The predicted octanol–water partition coefficient (Wildman–Crippen LogP) is 4.01. The molecule has 1 aliphatic rings. The smallest absolute Gasteiger partial charge is 0.325 e. The second-order valence-electron chi connectivity index (χ2n) is 14.6. The number of aldehydes is 1. The number of piperidine rings is 1. The molecule has 15 nitrogen and oxygen atoms in total. The topological polar surface area (TPSA) is 178 Å². The Kier molecular flexibility index (Phi) is 15.3. The Morgan fingerprint density at radius 1 is 0.947 bits per heavy atom. The lowest BCUT2D eigenvalue weighted by molar-refractivity contribution is -0.141. The number of benzene rings is 2. The molecule has 0 radical (unpaired) electrons. The number of esters is 1. The first-order valence-corrected chi connectivity index (χ1v) is 19.7. The van der Waals surface area contributed by atoms with Crippen LogP contribution < -0.4 is 10.6 Å². The van der Waals surface area contributed by atoms with Gasteiger partial charge in [0.15, 0.2) is 0 Å². The minimum atomic E-state index is -0.613. The van der Waals surface area contributed by atoms with Gasteiger partial charge in [0.2, 0.25) is 23.6 Å². The van der Waals surface area contributed by atoms with E-state index < -0.39 is 23.6 Å². The number of fused-ring (bicyclic) bond motifs is 2. The molecule has 4 aromatic rings. The van der Waals surface area contributed by atoms with Gasteiger partial charge in [0.25, 0.3) is 0 Å². The minimum Gasteiger partial charge on any atom is -0.468 e. The standard InChI is InChI=1S/C41H53FN8O7/c1-47(26-36(53)44-25-39(56)57-3)38(55)27-50-33-13-11-12-30(31-23-34-29(22-32(31)42)24-45-48(34)2)40(33)41(46-50)28-16-19-49(20-17-28)37(54)15-14-35(52)43-18-9-7-5-4-6-8-10-21-51/h11-13,21-24,28H,4-10,14-20,25-27H2,1-3H3,(H,43,52)(H,44,53). The first-order chi connectivity index (χ1) is 27.5. The summed E-state index contributed by atoms with van der Waals surface area (Å²) in [5.41, 5.74) is 3.02. The maximum Gasteiger partial charge on any atom is 0.325 e. The number of aryl methyl sites for hydroxylation is 1. The van der Waals surface area contributed by atoms with Crippen LogP contribution >= 0.6 is 0 Å². The number of rotatable bonds is 20. The number of unbranched alkanes of at least 4 members (excludes halogenated alkanes) is 6. The molecule has 2 aromatic carbocycles. The highest BCUT2D eigenvalue weighted by molar-refractivity contribution is 6.00. The molecule has 1 fully saturated rings. The number of aromatic nitrogens is 4. The lowest BCUT2D eigenvalue weighted by Gasteiger charge is -2.31. The lowest BCUT2D eigenvalue weighted by atomic mass is 9.88. The van der Waals surface area contributed by atoms with Gasteiger partial charge >= 0.3 is 5.97 Å². The number of nitrogens with zero attached hydrogens (tertiary/aromatic N) is 6. The van der Waals surface area contributed by atoms with E-state index in [9.17, 15) is 28.8 Å². The number of likely N-dealkylation sites (tertiary alicyclic amines) is 1. The number of nitrogens with one attached hydrogen (secondary N) is 2. The van der Waals surface area contributed by atoms with Gasteiger partial charge in [-0.05, 0) is 49.4 Å². The van der Waals surface area contributed by atoms with Crippen LogP contribution in [-0.4, -0.2) is 112 Å². The summed E-state index contributed by atoms with van der Waals surface area (Å²) in [7, 11) is 4.48. The summed E-state index contributed by atoms with van der Waals surface area (Å²) in [4.78, 5) is 76.4. The number of ether oxygens (including phenoxy) is 1. The SMILES string of the molecule is COC(=O)CNC(=O)CN(C)C(=O)Cn1nc(C2CCN(C(=O)CCC(=O)NCCCCCCCCC=O)CC2)c2c(-c3cc4c(cnn4C)cc3F)cccc21. The van der Waals surface area contributed by atoms with Gasteiger partial charge in [0.1, 0.15) is 25.2 Å². The summed E-state index contributed by atoms with van der Waals surface area (Å²) in [6.07, 6.45) is 10.5. The third kappa shape index (κ3) is 11.2. The molecular formula is C41H53FN8O7. The Balaban J connectivity index is 1.27. The molecule has 5 rings (SSSR count). The minimum absolute atomic E-state index is 0.0918. The highest BCUT2D eigenvalue weighted by atomic mass is 19.1. The first kappa shape index (κ1) is 42.5. The molecule has 57 heavy (non-hydrogen) atoms. The Hall–Kier alpha value is -5.67. The van der Waals surface area contributed by atoms with E-state index in [1.807, 2.05) is 12.1 Å². The highest BCUT2D eigenvalue weighted by Gasteiger charge is 2.30. The largest absolute Gasteiger partial charge is 0.468 e. The van der Waals surface area contributed by atoms with E-state index in [4.69, 9.17) is 5.10 Å². The third-order valence-electron chi connectivity index (χ3n) is 10.6. The number of carbonyl (C=O) groups is 6. The molecule has 0 saturated carbocycles. The van der Waals surface area contributed by atoms with Crippen LogP contribution in [0.5, 0.6) is 0 Å². The van der Waals surface area contributed by atoms with Crippen LogP contribution in [0.2, 0.25) is 0 Å². The van der Waals surface area contributed by atoms with Crippen molar-refractivity contribution in [2.24, 2.45) is 7.05 Å². The molecule has 0 atom stereocenters. The van der Waals surface area contributed by atoms with Crippen LogP contribution in [0.25, 0.3) is 32.9 Å². The van der Waals surface area contributed by atoms with Crippen LogP contribution in [0.1, 0.15) is 82.2 Å². The van der Waals surface area contributed by atoms with Crippen molar-refractivity contribution >= 4 is 57.7 Å². The van der Waals surface area contributed by atoms with Crippen LogP contribution in [0.4, 0.5) is 4.39 Å². The van der Waals surface area contributed by atoms with Crippen molar-refractivity contribution in [3.8, 4) is 11.1 Å². The maximum absolute atomic E-state index is 15.9. The van der Waals surface area contributed by atoms with Gasteiger partial charge in [0.05, 0.1) is 36.6 Å². The van der Waals surface area contributed by atoms with Crippen LogP contribution in [0.3, 0.4) is 0 Å². The summed E-state index contributed by atoms with van der Waals surface area (Å²) in [5.74, 6) is -2.33. The Labute approximate surface area is 331 Å². The third-order valence-corrected chi connectivity index (χ3v) is 10.6. The Morgan fingerprint density at radius 2 is 1.68 bits per heavy atom. The molecule has 0 unspecified atom stereocenters. The Morgan fingerprint density at radius 3 is 2.42 bits per heavy atom. The maximum atomic E-state index is 15.9. The van der Waals surface area contributed by atoms with Gasteiger partial charge in [-0.25, -0.2) is 4.39 Å². The van der Waals surface area contributed by atoms with E-state index in [0.29, 0.717) is 72.0 Å². The van der Waals surface area contributed by atoms with E-state index in [0.717, 1.165) is 50.3 Å². The number of methoxy groups -OCH3 is 1. The Bertz CT molecular complexity index is 2070. The van der Waals surface area contributed by atoms with Gasteiger partial charge in [-0.2, -0.15) is 10.2 Å². The van der Waals surface area contributed by atoms with Crippen LogP contribution in [0.15, 0.2) is 36.5 Å². The predicted molar refractivity (Wildman–Crippen MR) is 211 cm³/mol. The molecule has 0 bridgehead atoms. The van der Waals surface area contributed by atoms with E-state index in [1.54, 1.807) is 39.6 Å². The number of hydrogen-bond donors (Lipinski definition) is 2. The van der Waals surface area contributed by atoms with Crippen LogP contribution in [-0.2, 0) is 47.1 Å². The van der Waals surface area contributed by atoms with Crippen LogP contribution in [0, 0.1) is 5.82 Å². The van der Waals surface area contributed by atoms with Gasteiger partial charge in [-0.3, -0.25) is 33.3 Å². The molecule has 1 saturated heterocycles. The van der Waals surface area contributed by atoms with Crippen molar-refractivity contribution in [1.29, 1.82) is 0 Å². The molecule has 2 aromatic heterocycles. The second kappa shape index (κ2) is 20.5. The molecule has 16 heteroatoms. The molecule has 0 aliphatic carbocycles. The first-order valence-electron chi connectivity index (χ1n) is 19.7. The fourth-order valence-electron chi connectivity index (χ4n) is 7.28. The van der Waals surface area contributed by atoms with Crippen molar-refractivity contribution in [2.75, 3.05) is 46.9 Å². The van der Waals surface area contributed by atoms with Gasteiger partial charge in [-0.1, -0.05) is 37.8 Å². The monoisotopic (exact) mass is 788 g/mol. The fourth-order valence-corrected chi connectivity index (χ4v) is 7.28. The average Bonchev–Trinajstić information content (AvgIpc) is 3.76.